The van der Waals surface area contributed by atoms with Crippen molar-refractivity contribution in [3.8, 4) is 0 Å². The third-order valence-electron chi connectivity index (χ3n) is 7.12. The molecule has 1 aliphatic carbocycles. The van der Waals surface area contributed by atoms with Gasteiger partial charge in [0.15, 0.2) is 0 Å². The van der Waals surface area contributed by atoms with E-state index in [9.17, 15) is 4.79 Å². The molecule has 34 heavy (non-hydrogen) atoms. The minimum Gasteiger partial charge on any atom is -0.382 e. The SMILES string of the molecule is Nc1nccn2c(C3CCC(C(=O)Nc4ccccn4)CC3)nc(C3Cc4ccccc4N3)c12. The molecule has 0 bridgehead atoms. The van der Waals surface area contributed by atoms with E-state index in [4.69, 9.17) is 10.7 Å². The quantitative estimate of drug-likeness (QED) is 0.424. The number of carbonyl (C=O) groups excluding carboxylic acids is 1. The zero-order valence-electron chi connectivity index (χ0n) is 18.8. The Balaban J connectivity index is 1.23. The molecule has 172 valence electrons. The summed E-state index contributed by atoms with van der Waals surface area (Å²) in [5.41, 5.74) is 10.6. The van der Waals surface area contributed by atoms with Gasteiger partial charge in [-0.25, -0.2) is 15.0 Å². The summed E-state index contributed by atoms with van der Waals surface area (Å²) in [5, 5.41) is 6.56. The van der Waals surface area contributed by atoms with E-state index >= 15 is 0 Å². The van der Waals surface area contributed by atoms with Crippen molar-refractivity contribution in [2.45, 2.75) is 44.1 Å². The molecule has 1 aliphatic heterocycles. The minimum absolute atomic E-state index is 0.0123. The van der Waals surface area contributed by atoms with Crippen molar-refractivity contribution in [2.75, 3.05) is 16.4 Å². The van der Waals surface area contributed by atoms with Crippen LogP contribution >= 0.6 is 0 Å². The summed E-state index contributed by atoms with van der Waals surface area (Å²) in [4.78, 5) is 26.5. The standard InChI is InChI=1S/C26H27N7O/c27-24-23-22(20-15-18-5-1-2-6-19(18)30-20)32-25(33(23)14-13-29-24)16-8-10-17(11-9-16)26(34)31-21-7-3-4-12-28-21/h1-7,12-14,16-17,20,30H,8-11,15H2,(H2,27,29)(H,28,31,34). The average molecular weight is 454 g/mol. The van der Waals surface area contributed by atoms with Crippen molar-refractivity contribution in [1.29, 1.82) is 0 Å². The van der Waals surface area contributed by atoms with Crippen molar-refractivity contribution < 1.29 is 4.79 Å². The lowest BCUT2D eigenvalue weighted by Crippen LogP contribution is -2.27. The highest BCUT2D eigenvalue weighted by atomic mass is 16.1. The van der Waals surface area contributed by atoms with Crippen LogP contribution in [0.5, 0.6) is 0 Å². The maximum Gasteiger partial charge on any atom is 0.228 e. The molecule has 1 amide bonds. The second-order valence-electron chi connectivity index (χ2n) is 9.20. The smallest absolute Gasteiger partial charge is 0.228 e. The topological polar surface area (TPSA) is 110 Å². The maximum atomic E-state index is 12.7. The van der Waals surface area contributed by atoms with Gasteiger partial charge in [0.05, 0.1) is 11.7 Å². The second kappa shape index (κ2) is 8.44. The number of hydrogen-bond donors (Lipinski definition) is 3. The summed E-state index contributed by atoms with van der Waals surface area (Å²) in [5.74, 6) is 2.42. The van der Waals surface area contributed by atoms with E-state index in [0.717, 1.165) is 54.8 Å². The van der Waals surface area contributed by atoms with Crippen LogP contribution in [0.2, 0.25) is 0 Å². The highest BCUT2D eigenvalue weighted by Crippen LogP contribution is 2.40. The van der Waals surface area contributed by atoms with Crippen molar-refractivity contribution in [3.05, 3.63) is 78.1 Å². The average Bonchev–Trinajstić information content (AvgIpc) is 3.47. The summed E-state index contributed by atoms with van der Waals surface area (Å²) in [7, 11) is 0. The van der Waals surface area contributed by atoms with Crippen molar-refractivity contribution in [1.82, 2.24) is 19.4 Å². The molecule has 4 heterocycles. The predicted molar refractivity (Wildman–Crippen MR) is 131 cm³/mol. The third-order valence-corrected chi connectivity index (χ3v) is 7.12. The number of nitrogens with zero attached hydrogens (tertiary/aromatic N) is 4. The number of pyridine rings is 1. The lowest BCUT2D eigenvalue weighted by atomic mass is 9.81. The van der Waals surface area contributed by atoms with Crippen LogP contribution in [-0.4, -0.2) is 25.3 Å². The second-order valence-corrected chi connectivity index (χ2v) is 9.20. The number of amides is 1. The number of aromatic nitrogens is 4. The van der Waals surface area contributed by atoms with Crippen molar-refractivity contribution in [3.63, 3.8) is 0 Å². The Morgan fingerprint density at radius 3 is 2.65 bits per heavy atom. The Labute approximate surface area is 197 Å². The summed E-state index contributed by atoms with van der Waals surface area (Å²) in [6.45, 7) is 0. The number of nitrogens with two attached hydrogens (primary N) is 1. The Morgan fingerprint density at radius 2 is 1.85 bits per heavy atom. The number of hydrogen-bond acceptors (Lipinski definition) is 6. The molecule has 1 unspecified atom stereocenters. The first-order chi connectivity index (χ1) is 16.7. The number of nitrogen functional groups attached to an aromatic ring is 1. The van der Waals surface area contributed by atoms with E-state index in [1.54, 1.807) is 12.4 Å². The van der Waals surface area contributed by atoms with Crippen LogP contribution in [0, 0.1) is 5.92 Å². The number of imidazole rings is 1. The van der Waals surface area contributed by atoms with Gasteiger partial charge in [-0.05, 0) is 49.4 Å². The molecular formula is C26H27N7O. The van der Waals surface area contributed by atoms with E-state index < -0.39 is 0 Å². The van der Waals surface area contributed by atoms with Crippen LogP contribution in [0.15, 0.2) is 61.1 Å². The van der Waals surface area contributed by atoms with Gasteiger partial charge in [-0.15, -0.1) is 0 Å². The highest BCUT2D eigenvalue weighted by molar-refractivity contribution is 5.91. The maximum absolute atomic E-state index is 12.7. The molecule has 8 nitrogen and oxygen atoms in total. The molecule has 4 N–H and O–H groups in total. The molecule has 1 saturated carbocycles. The fraction of sp³-hybridized carbons (Fsp3) is 0.308. The van der Waals surface area contributed by atoms with Gasteiger partial charge in [0, 0.05) is 42.5 Å². The van der Waals surface area contributed by atoms with E-state index in [-0.39, 0.29) is 23.8 Å². The third kappa shape index (κ3) is 3.65. The Morgan fingerprint density at radius 1 is 1.03 bits per heavy atom. The molecule has 4 aromatic rings. The van der Waals surface area contributed by atoms with Gasteiger partial charge in [-0.2, -0.15) is 0 Å². The van der Waals surface area contributed by atoms with Crippen LogP contribution in [0.3, 0.4) is 0 Å². The molecule has 0 radical (unpaired) electrons. The van der Waals surface area contributed by atoms with Crippen LogP contribution < -0.4 is 16.4 Å². The lowest BCUT2D eigenvalue weighted by Gasteiger charge is -2.27. The number of anilines is 3. The van der Waals surface area contributed by atoms with Gasteiger partial charge in [0.25, 0.3) is 0 Å². The molecule has 1 fully saturated rings. The number of fused-ring (bicyclic) bond motifs is 2. The first-order valence-corrected chi connectivity index (χ1v) is 11.9. The fourth-order valence-electron chi connectivity index (χ4n) is 5.39. The fourth-order valence-corrected chi connectivity index (χ4v) is 5.39. The molecule has 6 rings (SSSR count). The van der Waals surface area contributed by atoms with E-state index in [0.29, 0.717) is 11.6 Å². The molecule has 8 heteroatoms. The first kappa shape index (κ1) is 20.7. The Hall–Kier alpha value is -3.94. The largest absolute Gasteiger partial charge is 0.382 e. The number of para-hydroxylation sites is 1. The normalized spacial score (nSPS) is 21.7. The van der Waals surface area contributed by atoms with Gasteiger partial charge in [-0.3, -0.25) is 9.20 Å². The number of nitrogens with one attached hydrogen (secondary N) is 2. The predicted octanol–water partition coefficient (Wildman–Crippen LogP) is 4.33. The number of carbonyl (C=O) groups is 1. The van der Waals surface area contributed by atoms with E-state index in [1.165, 1.54) is 5.56 Å². The molecule has 0 saturated heterocycles. The summed E-state index contributed by atoms with van der Waals surface area (Å²) < 4.78 is 2.11. The molecular weight excluding hydrogens is 426 g/mol. The van der Waals surface area contributed by atoms with Crippen molar-refractivity contribution >= 4 is 28.7 Å². The molecule has 1 aromatic carbocycles. The summed E-state index contributed by atoms with van der Waals surface area (Å²) >= 11 is 0. The van der Waals surface area contributed by atoms with Crippen LogP contribution in [0.1, 0.15) is 54.7 Å². The highest BCUT2D eigenvalue weighted by Gasteiger charge is 2.33. The molecule has 2 aliphatic rings. The van der Waals surface area contributed by atoms with Crippen LogP contribution in [0.25, 0.3) is 5.52 Å². The Bertz CT molecular complexity index is 1320. The lowest BCUT2D eigenvalue weighted by molar-refractivity contribution is -0.120. The molecule has 3 aromatic heterocycles. The van der Waals surface area contributed by atoms with E-state index in [1.807, 2.05) is 30.5 Å². The molecule has 0 spiro atoms. The van der Waals surface area contributed by atoms with Crippen LogP contribution in [0.4, 0.5) is 17.3 Å². The Kier molecular flexibility index (Phi) is 5.13. The van der Waals surface area contributed by atoms with Gasteiger partial charge in [0.2, 0.25) is 5.91 Å². The number of benzene rings is 1. The zero-order valence-corrected chi connectivity index (χ0v) is 18.8. The van der Waals surface area contributed by atoms with Gasteiger partial charge in [0.1, 0.15) is 23.0 Å². The van der Waals surface area contributed by atoms with Crippen LogP contribution in [-0.2, 0) is 11.2 Å². The molecule has 1 atom stereocenters. The zero-order chi connectivity index (χ0) is 23.1. The first-order valence-electron chi connectivity index (χ1n) is 11.9. The van der Waals surface area contributed by atoms with E-state index in [2.05, 4.69) is 43.2 Å². The monoisotopic (exact) mass is 453 g/mol. The van der Waals surface area contributed by atoms with Gasteiger partial charge >= 0.3 is 0 Å². The van der Waals surface area contributed by atoms with Gasteiger partial charge in [-0.1, -0.05) is 24.3 Å². The summed E-state index contributed by atoms with van der Waals surface area (Å²) in [6, 6.07) is 14.0. The number of rotatable bonds is 4. The minimum atomic E-state index is -0.0123. The summed E-state index contributed by atoms with van der Waals surface area (Å²) in [6.07, 6.45) is 9.70. The van der Waals surface area contributed by atoms with Crippen molar-refractivity contribution in [2.24, 2.45) is 5.92 Å². The van der Waals surface area contributed by atoms with Gasteiger partial charge < -0.3 is 16.4 Å².